The monoisotopic (exact) mass is 217 g/mol. The average molecular weight is 217 g/mol. The Morgan fingerprint density at radius 2 is 1.73 bits per heavy atom. The van der Waals surface area contributed by atoms with Crippen molar-refractivity contribution in [2.24, 2.45) is 0 Å². The highest BCUT2D eigenvalue weighted by atomic mass is 16.5. The fourth-order valence-corrected chi connectivity index (χ4v) is 0.988. The molecule has 0 aromatic rings. The van der Waals surface area contributed by atoms with Gasteiger partial charge in [-0.2, -0.15) is 0 Å². The van der Waals surface area contributed by atoms with Gasteiger partial charge in [0.2, 0.25) is 0 Å². The number of carbonyl (C=O) groups is 1. The van der Waals surface area contributed by atoms with Gasteiger partial charge in [-0.15, -0.1) is 0 Å². The molecule has 92 valence electrons. The highest BCUT2D eigenvalue weighted by molar-refractivity contribution is 5.66. The van der Waals surface area contributed by atoms with Crippen LogP contribution in [0.1, 0.15) is 59.8 Å². The predicted octanol–water partition coefficient (Wildman–Crippen LogP) is 3.73. The first kappa shape index (κ1) is 16.7. The SMILES string of the molecule is CC.CCCCCCNC(=O)OCCC. The third-order valence-electron chi connectivity index (χ3n) is 1.74. The Morgan fingerprint density at radius 3 is 2.27 bits per heavy atom. The van der Waals surface area contributed by atoms with Crippen molar-refractivity contribution in [2.75, 3.05) is 13.2 Å². The Labute approximate surface area is 94.6 Å². The molecule has 1 amide bonds. The van der Waals surface area contributed by atoms with Gasteiger partial charge in [-0.25, -0.2) is 4.79 Å². The van der Waals surface area contributed by atoms with Gasteiger partial charge in [0.25, 0.3) is 0 Å². The van der Waals surface area contributed by atoms with E-state index >= 15 is 0 Å². The van der Waals surface area contributed by atoms with Crippen LogP contribution in [0.25, 0.3) is 0 Å². The molecule has 0 radical (unpaired) electrons. The molecule has 0 saturated heterocycles. The summed E-state index contributed by atoms with van der Waals surface area (Å²) in [5.41, 5.74) is 0. The fraction of sp³-hybridized carbons (Fsp3) is 0.917. The summed E-state index contributed by atoms with van der Waals surface area (Å²) in [7, 11) is 0. The van der Waals surface area contributed by atoms with E-state index in [1.807, 2.05) is 20.8 Å². The van der Waals surface area contributed by atoms with E-state index in [-0.39, 0.29) is 6.09 Å². The van der Waals surface area contributed by atoms with E-state index in [1.165, 1.54) is 19.3 Å². The van der Waals surface area contributed by atoms with Crippen LogP contribution in [0.15, 0.2) is 0 Å². The van der Waals surface area contributed by atoms with E-state index in [0.717, 1.165) is 19.4 Å². The van der Waals surface area contributed by atoms with Gasteiger partial charge in [0.05, 0.1) is 6.61 Å². The molecule has 0 heterocycles. The Bertz CT molecular complexity index is 127. The van der Waals surface area contributed by atoms with Crippen LogP contribution in [-0.2, 0) is 4.74 Å². The molecule has 0 unspecified atom stereocenters. The minimum absolute atomic E-state index is 0.279. The van der Waals surface area contributed by atoms with E-state index in [0.29, 0.717) is 6.61 Å². The molecule has 0 aliphatic rings. The third-order valence-corrected chi connectivity index (χ3v) is 1.74. The first-order valence-corrected chi connectivity index (χ1v) is 6.21. The van der Waals surface area contributed by atoms with Gasteiger partial charge in [-0.3, -0.25) is 0 Å². The number of hydrogen-bond acceptors (Lipinski definition) is 2. The smallest absolute Gasteiger partial charge is 0.407 e. The molecule has 0 aliphatic heterocycles. The molecule has 0 saturated carbocycles. The molecule has 0 spiro atoms. The van der Waals surface area contributed by atoms with Gasteiger partial charge in [-0.05, 0) is 12.8 Å². The summed E-state index contributed by atoms with van der Waals surface area (Å²) in [6, 6.07) is 0. The van der Waals surface area contributed by atoms with Crippen LogP contribution in [0.3, 0.4) is 0 Å². The Morgan fingerprint density at radius 1 is 1.07 bits per heavy atom. The molecular weight excluding hydrogens is 190 g/mol. The van der Waals surface area contributed by atoms with Crippen molar-refractivity contribution < 1.29 is 9.53 Å². The van der Waals surface area contributed by atoms with Gasteiger partial charge in [0.15, 0.2) is 0 Å². The van der Waals surface area contributed by atoms with Gasteiger partial charge < -0.3 is 10.1 Å². The van der Waals surface area contributed by atoms with Gasteiger partial charge in [0, 0.05) is 6.54 Å². The van der Waals surface area contributed by atoms with E-state index in [9.17, 15) is 4.79 Å². The maximum absolute atomic E-state index is 10.9. The number of hydrogen-bond donors (Lipinski definition) is 1. The largest absolute Gasteiger partial charge is 0.450 e. The van der Waals surface area contributed by atoms with Crippen LogP contribution in [0.5, 0.6) is 0 Å². The Balaban J connectivity index is 0. The zero-order chi connectivity index (χ0) is 11.9. The minimum atomic E-state index is -0.279. The molecule has 0 fully saturated rings. The molecule has 0 aliphatic carbocycles. The number of ether oxygens (including phenoxy) is 1. The maximum Gasteiger partial charge on any atom is 0.407 e. The zero-order valence-corrected chi connectivity index (χ0v) is 10.8. The second-order valence-electron chi connectivity index (χ2n) is 3.12. The Hall–Kier alpha value is -0.730. The lowest BCUT2D eigenvalue weighted by Crippen LogP contribution is -2.25. The highest BCUT2D eigenvalue weighted by Crippen LogP contribution is 1.97. The van der Waals surface area contributed by atoms with E-state index in [4.69, 9.17) is 4.74 Å². The zero-order valence-electron chi connectivity index (χ0n) is 10.8. The van der Waals surface area contributed by atoms with Crippen molar-refractivity contribution in [3.05, 3.63) is 0 Å². The number of nitrogens with one attached hydrogen (secondary N) is 1. The summed E-state index contributed by atoms with van der Waals surface area (Å²) in [6.07, 6.45) is 5.30. The molecule has 0 atom stereocenters. The van der Waals surface area contributed by atoms with Crippen molar-refractivity contribution in [3.8, 4) is 0 Å². The molecular formula is C12H27NO2. The fourth-order valence-electron chi connectivity index (χ4n) is 0.988. The lowest BCUT2D eigenvalue weighted by atomic mass is 10.2. The molecule has 3 heteroatoms. The first-order valence-electron chi connectivity index (χ1n) is 6.21. The van der Waals surface area contributed by atoms with Crippen LogP contribution in [0.2, 0.25) is 0 Å². The average Bonchev–Trinajstić information content (AvgIpc) is 2.29. The van der Waals surface area contributed by atoms with Crippen molar-refractivity contribution >= 4 is 6.09 Å². The summed E-state index contributed by atoms with van der Waals surface area (Å²) in [6.45, 7) is 9.40. The predicted molar refractivity (Wildman–Crippen MR) is 65.1 cm³/mol. The molecule has 0 rings (SSSR count). The summed E-state index contributed by atoms with van der Waals surface area (Å²) < 4.78 is 4.85. The number of rotatable bonds is 7. The summed E-state index contributed by atoms with van der Waals surface area (Å²) in [4.78, 5) is 10.9. The third kappa shape index (κ3) is 16.0. The van der Waals surface area contributed by atoms with Gasteiger partial charge in [-0.1, -0.05) is 47.0 Å². The second-order valence-corrected chi connectivity index (χ2v) is 3.12. The minimum Gasteiger partial charge on any atom is -0.450 e. The van der Waals surface area contributed by atoms with Crippen LogP contribution in [0, 0.1) is 0 Å². The van der Waals surface area contributed by atoms with Crippen LogP contribution < -0.4 is 5.32 Å². The van der Waals surface area contributed by atoms with E-state index in [2.05, 4.69) is 12.2 Å². The maximum atomic E-state index is 10.9. The van der Waals surface area contributed by atoms with E-state index in [1.54, 1.807) is 0 Å². The molecule has 15 heavy (non-hydrogen) atoms. The van der Waals surface area contributed by atoms with Gasteiger partial charge >= 0.3 is 6.09 Å². The lowest BCUT2D eigenvalue weighted by molar-refractivity contribution is 0.146. The normalized spacial score (nSPS) is 8.80. The summed E-state index contributed by atoms with van der Waals surface area (Å²) in [5.74, 6) is 0. The molecule has 3 nitrogen and oxygen atoms in total. The van der Waals surface area contributed by atoms with Crippen molar-refractivity contribution in [1.82, 2.24) is 5.32 Å². The van der Waals surface area contributed by atoms with Crippen molar-refractivity contribution in [3.63, 3.8) is 0 Å². The lowest BCUT2D eigenvalue weighted by Gasteiger charge is -2.05. The molecule has 1 N–H and O–H groups in total. The van der Waals surface area contributed by atoms with Crippen molar-refractivity contribution in [2.45, 2.75) is 59.8 Å². The number of carbonyl (C=O) groups excluding carboxylic acids is 1. The molecule has 0 bridgehead atoms. The number of unbranched alkanes of at least 4 members (excludes halogenated alkanes) is 3. The number of alkyl carbamates (subject to hydrolysis) is 1. The molecule has 0 aromatic carbocycles. The van der Waals surface area contributed by atoms with Crippen LogP contribution in [0.4, 0.5) is 4.79 Å². The molecule has 0 aromatic heterocycles. The highest BCUT2D eigenvalue weighted by Gasteiger charge is 1.98. The van der Waals surface area contributed by atoms with Crippen LogP contribution >= 0.6 is 0 Å². The number of amides is 1. The topological polar surface area (TPSA) is 38.3 Å². The summed E-state index contributed by atoms with van der Waals surface area (Å²) >= 11 is 0. The summed E-state index contributed by atoms with van der Waals surface area (Å²) in [5, 5.41) is 2.72. The quantitative estimate of drug-likeness (QED) is 0.660. The first-order chi connectivity index (χ1) is 7.31. The van der Waals surface area contributed by atoms with Crippen LogP contribution in [-0.4, -0.2) is 19.2 Å². The standard InChI is InChI=1S/C10H21NO2.C2H6/c1-3-5-6-7-8-11-10(12)13-9-4-2;1-2/h3-9H2,1-2H3,(H,11,12);1-2H3. The Kier molecular flexibility index (Phi) is 17.5. The van der Waals surface area contributed by atoms with Crippen molar-refractivity contribution in [1.29, 1.82) is 0 Å². The second kappa shape index (κ2) is 15.7. The van der Waals surface area contributed by atoms with Gasteiger partial charge in [0.1, 0.15) is 0 Å². The van der Waals surface area contributed by atoms with E-state index < -0.39 is 0 Å².